The van der Waals surface area contributed by atoms with E-state index in [0.29, 0.717) is 41.4 Å². The highest BCUT2D eigenvalue weighted by molar-refractivity contribution is 6.36. The van der Waals surface area contributed by atoms with Crippen molar-refractivity contribution in [1.29, 1.82) is 0 Å². The number of rotatable bonds is 9. The van der Waals surface area contributed by atoms with Crippen LogP contribution in [0.3, 0.4) is 0 Å². The molecule has 0 bridgehead atoms. The molecule has 12 nitrogen and oxygen atoms in total. The van der Waals surface area contributed by atoms with Crippen LogP contribution in [-0.2, 0) is 30.0 Å². The van der Waals surface area contributed by atoms with E-state index in [2.05, 4.69) is 28.9 Å². The smallest absolute Gasteiger partial charge is 0.330 e. The molecule has 256 valence electrons. The van der Waals surface area contributed by atoms with Crippen LogP contribution in [0.5, 0.6) is 5.88 Å². The summed E-state index contributed by atoms with van der Waals surface area (Å²) in [5.74, 6) is 0.123. The molecule has 49 heavy (non-hydrogen) atoms. The van der Waals surface area contributed by atoms with E-state index in [1.807, 2.05) is 31.2 Å². The zero-order valence-electron chi connectivity index (χ0n) is 28.1. The van der Waals surface area contributed by atoms with Gasteiger partial charge in [0.15, 0.2) is 0 Å². The SMILES string of the molecule is COc1nc(-c2cccc(-c3cccc(NC(=O)c4cn(C)c(=O)n(C)c4=O)c3C)c2Cl)cc2c1[C@@H](NCC[C@@H]1COCC(=O)N1)[C@H](C)C2. The van der Waals surface area contributed by atoms with Crippen LogP contribution in [0.2, 0.25) is 5.02 Å². The van der Waals surface area contributed by atoms with E-state index in [4.69, 9.17) is 26.1 Å². The van der Waals surface area contributed by atoms with Gasteiger partial charge in [0, 0.05) is 48.7 Å². The zero-order chi connectivity index (χ0) is 35.0. The van der Waals surface area contributed by atoms with Crippen molar-refractivity contribution in [3.05, 3.63) is 96.8 Å². The Morgan fingerprint density at radius 2 is 1.86 bits per heavy atom. The third-order valence-corrected chi connectivity index (χ3v) is 9.74. The quantitative estimate of drug-likeness (QED) is 0.241. The number of pyridine rings is 1. The van der Waals surface area contributed by atoms with E-state index >= 15 is 0 Å². The highest BCUT2D eigenvalue weighted by Crippen LogP contribution is 2.44. The average molecular weight is 687 g/mol. The molecular formula is C36H39ClN6O6. The van der Waals surface area contributed by atoms with Crippen LogP contribution < -0.4 is 31.9 Å². The van der Waals surface area contributed by atoms with Gasteiger partial charge in [0.05, 0.1) is 30.5 Å². The van der Waals surface area contributed by atoms with Gasteiger partial charge in [-0.2, -0.15) is 0 Å². The zero-order valence-corrected chi connectivity index (χ0v) is 28.8. The van der Waals surface area contributed by atoms with Crippen LogP contribution in [0, 0.1) is 12.8 Å². The fraction of sp³-hybridized carbons (Fsp3) is 0.361. The molecular weight excluding hydrogens is 648 g/mol. The molecule has 0 saturated carbocycles. The van der Waals surface area contributed by atoms with Crippen LogP contribution in [0.25, 0.3) is 22.4 Å². The van der Waals surface area contributed by atoms with Gasteiger partial charge in [-0.05, 0) is 61.1 Å². The molecule has 2 amide bonds. The molecule has 3 heterocycles. The summed E-state index contributed by atoms with van der Waals surface area (Å²) < 4.78 is 13.3. The Morgan fingerprint density at radius 3 is 2.61 bits per heavy atom. The van der Waals surface area contributed by atoms with E-state index in [0.717, 1.165) is 50.8 Å². The van der Waals surface area contributed by atoms with Crippen molar-refractivity contribution in [3.63, 3.8) is 0 Å². The lowest BCUT2D eigenvalue weighted by Crippen LogP contribution is -2.46. The van der Waals surface area contributed by atoms with Gasteiger partial charge >= 0.3 is 5.69 Å². The summed E-state index contributed by atoms with van der Waals surface area (Å²) in [5, 5.41) is 9.96. The monoisotopic (exact) mass is 686 g/mol. The summed E-state index contributed by atoms with van der Waals surface area (Å²) in [6.45, 7) is 5.38. The molecule has 4 aromatic rings. The van der Waals surface area contributed by atoms with Gasteiger partial charge in [0.2, 0.25) is 11.8 Å². The molecule has 3 atom stereocenters. The molecule has 0 spiro atoms. The topological polar surface area (TPSA) is 146 Å². The molecule has 3 N–H and O–H groups in total. The van der Waals surface area contributed by atoms with E-state index in [9.17, 15) is 19.2 Å². The lowest BCUT2D eigenvalue weighted by Gasteiger charge is -2.25. The maximum atomic E-state index is 13.2. The number of nitrogens with zero attached hydrogens (tertiary/aromatic N) is 3. The maximum Gasteiger partial charge on any atom is 0.330 e. The average Bonchev–Trinajstić information content (AvgIpc) is 3.40. The Hall–Kier alpha value is -4.78. The van der Waals surface area contributed by atoms with E-state index < -0.39 is 17.2 Å². The Balaban J connectivity index is 1.27. The van der Waals surface area contributed by atoms with Gasteiger partial charge < -0.3 is 30.0 Å². The maximum absolute atomic E-state index is 13.2. The molecule has 1 aliphatic carbocycles. The number of aryl methyl sites for hydroxylation is 1. The summed E-state index contributed by atoms with van der Waals surface area (Å²) in [6.07, 6.45) is 2.82. The largest absolute Gasteiger partial charge is 0.481 e. The third-order valence-electron chi connectivity index (χ3n) is 9.34. The summed E-state index contributed by atoms with van der Waals surface area (Å²) in [6, 6.07) is 13.3. The Kier molecular flexibility index (Phi) is 9.73. The van der Waals surface area contributed by atoms with Crippen LogP contribution >= 0.6 is 11.6 Å². The van der Waals surface area contributed by atoms with Crippen molar-refractivity contribution in [2.45, 2.75) is 38.8 Å². The highest BCUT2D eigenvalue weighted by Gasteiger charge is 2.34. The number of benzene rings is 2. The van der Waals surface area contributed by atoms with Gasteiger partial charge in [-0.3, -0.25) is 19.0 Å². The van der Waals surface area contributed by atoms with Crippen LogP contribution in [0.1, 0.15) is 46.4 Å². The molecule has 13 heteroatoms. The first-order valence-corrected chi connectivity index (χ1v) is 16.5. The first-order chi connectivity index (χ1) is 23.5. The van der Waals surface area contributed by atoms with Gasteiger partial charge in [-0.25, -0.2) is 9.78 Å². The molecule has 1 fully saturated rings. The van der Waals surface area contributed by atoms with Crippen molar-refractivity contribution in [1.82, 2.24) is 24.8 Å². The molecule has 0 radical (unpaired) electrons. The van der Waals surface area contributed by atoms with E-state index in [1.54, 1.807) is 19.2 Å². The molecule has 2 aromatic carbocycles. The lowest BCUT2D eigenvalue weighted by molar-refractivity contribution is -0.131. The number of fused-ring (bicyclic) bond motifs is 1. The normalized spacial score (nSPS) is 18.6. The van der Waals surface area contributed by atoms with E-state index in [-0.39, 0.29) is 30.2 Å². The fourth-order valence-electron chi connectivity index (χ4n) is 6.76. The van der Waals surface area contributed by atoms with Crippen molar-refractivity contribution in [2.24, 2.45) is 20.0 Å². The number of nitrogens with one attached hydrogen (secondary N) is 3. The predicted octanol–water partition coefficient (Wildman–Crippen LogP) is 3.76. The second-order valence-corrected chi connectivity index (χ2v) is 13.0. The number of methoxy groups -OCH3 is 1. The van der Waals surface area contributed by atoms with Gasteiger partial charge in [-0.1, -0.05) is 48.9 Å². The summed E-state index contributed by atoms with van der Waals surface area (Å²) in [7, 11) is 4.44. The number of hydrogen-bond acceptors (Lipinski definition) is 8. The predicted molar refractivity (Wildman–Crippen MR) is 187 cm³/mol. The molecule has 0 unspecified atom stereocenters. The second-order valence-electron chi connectivity index (χ2n) is 12.7. The standard InChI is InChI=1S/C36H39ClN6O6/c1-19-14-21-15-28(41-34(48-5)30(21)32(19)38-13-12-22-17-49-18-29(44)39-22)25-10-6-9-24(31(25)37)23-8-7-11-27(20(23)2)40-33(45)26-16-42(3)36(47)43(4)35(26)46/h6-11,15-16,19,22,32,38H,12-14,17-18H2,1-5H3,(H,39,44)(H,40,45)/t19-,22-,32+/m1/s1. The minimum Gasteiger partial charge on any atom is -0.481 e. The summed E-state index contributed by atoms with van der Waals surface area (Å²) >= 11 is 7.13. The number of amides is 2. The van der Waals surface area contributed by atoms with Gasteiger partial charge in [-0.15, -0.1) is 0 Å². The van der Waals surface area contributed by atoms with Gasteiger partial charge in [0.25, 0.3) is 11.5 Å². The van der Waals surface area contributed by atoms with Crippen molar-refractivity contribution < 1.29 is 19.1 Å². The first-order valence-electron chi connectivity index (χ1n) is 16.1. The highest BCUT2D eigenvalue weighted by atomic mass is 35.5. The Labute approximate surface area is 288 Å². The third kappa shape index (κ3) is 6.63. The number of halogens is 1. The second kappa shape index (κ2) is 14.0. The number of ether oxygens (including phenoxy) is 2. The minimum absolute atomic E-state index is 0.0168. The van der Waals surface area contributed by atoms with Crippen molar-refractivity contribution >= 4 is 29.1 Å². The Morgan fingerprint density at radius 1 is 1.12 bits per heavy atom. The molecule has 1 saturated heterocycles. The van der Waals surface area contributed by atoms with Gasteiger partial charge in [0.1, 0.15) is 12.2 Å². The number of hydrogen-bond donors (Lipinski definition) is 3. The lowest BCUT2D eigenvalue weighted by atomic mass is 9.96. The minimum atomic E-state index is -0.677. The number of carbonyl (C=O) groups excluding carboxylic acids is 2. The molecule has 6 rings (SSSR count). The van der Waals surface area contributed by atoms with Crippen LogP contribution in [-0.4, -0.2) is 58.8 Å². The summed E-state index contributed by atoms with van der Waals surface area (Å²) in [5.41, 5.74) is 5.03. The summed E-state index contributed by atoms with van der Waals surface area (Å²) in [4.78, 5) is 54.6. The van der Waals surface area contributed by atoms with Crippen molar-refractivity contribution in [2.75, 3.05) is 32.2 Å². The molecule has 1 aliphatic heterocycles. The number of aromatic nitrogens is 3. The molecule has 2 aromatic heterocycles. The Bertz CT molecular complexity index is 2070. The fourth-order valence-corrected chi connectivity index (χ4v) is 7.08. The number of morpholine rings is 1. The van der Waals surface area contributed by atoms with E-state index in [1.165, 1.54) is 24.9 Å². The number of anilines is 1. The number of carbonyl (C=O) groups is 2. The van der Waals surface area contributed by atoms with Crippen LogP contribution in [0.4, 0.5) is 5.69 Å². The molecule has 2 aliphatic rings. The van der Waals surface area contributed by atoms with Crippen molar-refractivity contribution in [3.8, 4) is 28.3 Å². The first kappa shape index (κ1) is 34.1. The van der Waals surface area contributed by atoms with Crippen LogP contribution in [0.15, 0.2) is 58.3 Å².